The number of nitrogens with zero attached hydrogens (tertiary/aromatic N) is 1. The van der Waals surface area contributed by atoms with Crippen molar-refractivity contribution in [1.29, 1.82) is 0 Å². The predicted octanol–water partition coefficient (Wildman–Crippen LogP) is 3.00. The Morgan fingerprint density at radius 1 is 1.39 bits per heavy atom. The maximum absolute atomic E-state index is 10.9. The van der Waals surface area contributed by atoms with Crippen molar-refractivity contribution in [2.45, 2.75) is 55.0 Å². The first-order chi connectivity index (χ1) is 11.1. The van der Waals surface area contributed by atoms with E-state index in [1.54, 1.807) is 11.8 Å². The Balaban J connectivity index is 2.10. The van der Waals surface area contributed by atoms with Crippen LogP contribution in [0.25, 0.3) is 0 Å². The van der Waals surface area contributed by atoms with E-state index in [-0.39, 0.29) is 24.1 Å². The molecule has 1 aromatic rings. The van der Waals surface area contributed by atoms with E-state index in [1.807, 2.05) is 25.1 Å². The van der Waals surface area contributed by atoms with E-state index >= 15 is 0 Å². The van der Waals surface area contributed by atoms with Crippen molar-refractivity contribution in [2.24, 2.45) is 0 Å². The molecule has 6 heteroatoms. The quantitative estimate of drug-likeness (QED) is 0.667. The molecule has 0 saturated carbocycles. The fourth-order valence-corrected chi connectivity index (χ4v) is 4.50. The zero-order chi connectivity index (χ0) is 16.7. The first-order valence-corrected chi connectivity index (χ1v) is 9.06. The zero-order valence-corrected chi connectivity index (χ0v) is 14.3. The van der Waals surface area contributed by atoms with Gasteiger partial charge in [-0.15, -0.1) is 11.8 Å². The minimum absolute atomic E-state index is 0.130. The average molecular weight is 338 g/mol. The van der Waals surface area contributed by atoms with Crippen molar-refractivity contribution < 1.29 is 15.0 Å². The van der Waals surface area contributed by atoms with Gasteiger partial charge in [-0.3, -0.25) is 4.90 Å². The molecule has 1 fully saturated rings. The summed E-state index contributed by atoms with van der Waals surface area (Å²) >= 11 is 1.75. The van der Waals surface area contributed by atoms with Crippen molar-refractivity contribution >= 4 is 17.9 Å². The largest absolute Gasteiger partial charge is 0.465 e. The third kappa shape index (κ3) is 5.71. The van der Waals surface area contributed by atoms with Gasteiger partial charge in [0.2, 0.25) is 0 Å². The SMILES string of the molecule is C[C@H](CC(Sc1ccccc1)N1CCCC[C@@H]1CO)NC(=O)O. The number of piperidine rings is 1. The molecule has 0 spiro atoms. The van der Waals surface area contributed by atoms with E-state index in [0.29, 0.717) is 6.42 Å². The number of likely N-dealkylation sites (tertiary alicyclic amines) is 1. The van der Waals surface area contributed by atoms with E-state index < -0.39 is 6.09 Å². The van der Waals surface area contributed by atoms with Crippen molar-refractivity contribution in [2.75, 3.05) is 13.2 Å². The first-order valence-electron chi connectivity index (χ1n) is 8.18. The summed E-state index contributed by atoms with van der Waals surface area (Å²) in [6, 6.07) is 10.2. The maximum atomic E-state index is 10.9. The molecule has 1 saturated heterocycles. The Hall–Kier alpha value is -1.24. The standard InChI is InChI=1S/C17H26N2O3S/c1-13(18-17(21)22)11-16(23-15-8-3-2-4-9-15)19-10-6-5-7-14(19)12-20/h2-4,8-9,13-14,16,18,20H,5-7,10-12H2,1H3,(H,21,22)/t13-,14-,16?/m1/s1. The summed E-state index contributed by atoms with van der Waals surface area (Å²) in [6.45, 7) is 3.01. The van der Waals surface area contributed by atoms with E-state index in [1.165, 1.54) is 4.90 Å². The lowest BCUT2D eigenvalue weighted by molar-refractivity contribution is 0.0758. The summed E-state index contributed by atoms with van der Waals surface area (Å²) < 4.78 is 0. The number of hydrogen-bond acceptors (Lipinski definition) is 4. The number of aliphatic hydroxyl groups is 1. The molecule has 0 radical (unpaired) electrons. The van der Waals surface area contributed by atoms with Crippen LogP contribution in [-0.4, -0.2) is 51.8 Å². The summed E-state index contributed by atoms with van der Waals surface area (Å²) in [5, 5.41) is 21.3. The smallest absolute Gasteiger partial charge is 0.404 e. The molecule has 5 nitrogen and oxygen atoms in total. The van der Waals surface area contributed by atoms with Gasteiger partial charge in [0, 0.05) is 17.0 Å². The molecule has 1 unspecified atom stereocenters. The Morgan fingerprint density at radius 3 is 2.78 bits per heavy atom. The molecule has 3 atom stereocenters. The molecule has 0 aromatic heterocycles. The van der Waals surface area contributed by atoms with E-state index in [0.717, 1.165) is 25.8 Å². The molecule has 128 valence electrons. The summed E-state index contributed by atoms with van der Waals surface area (Å²) in [5.74, 6) is 0. The van der Waals surface area contributed by atoms with Gasteiger partial charge in [-0.05, 0) is 44.9 Å². The number of rotatable bonds is 7. The number of aliphatic hydroxyl groups excluding tert-OH is 1. The topological polar surface area (TPSA) is 72.8 Å². The Labute approximate surface area is 142 Å². The van der Waals surface area contributed by atoms with Crippen LogP contribution < -0.4 is 5.32 Å². The molecule has 1 aromatic carbocycles. The van der Waals surface area contributed by atoms with Gasteiger partial charge >= 0.3 is 6.09 Å². The third-order valence-electron chi connectivity index (χ3n) is 4.19. The zero-order valence-electron chi connectivity index (χ0n) is 13.5. The fourth-order valence-electron chi connectivity index (χ4n) is 3.08. The van der Waals surface area contributed by atoms with Crippen molar-refractivity contribution in [1.82, 2.24) is 10.2 Å². The number of carbonyl (C=O) groups is 1. The first kappa shape index (κ1) is 18.1. The molecule has 3 N–H and O–H groups in total. The van der Waals surface area contributed by atoms with Crippen molar-refractivity contribution in [3.63, 3.8) is 0 Å². The second-order valence-electron chi connectivity index (χ2n) is 6.04. The second kappa shape index (κ2) is 9.15. The van der Waals surface area contributed by atoms with E-state index in [4.69, 9.17) is 5.11 Å². The number of benzene rings is 1. The molecule has 1 heterocycles. The predicted molar refractivity (Wildman–Crippen MR) is 92.8 cm³/mol. The second-order valence-corrected chi connectivity index (χ2v) is 7.29. The van der Waals surface area contributed by atoms with Crippen molar-refractivity contribution in [3.8, 4) is 0 Å². The van der Waals surface area contributed by atoms with Crippen LogP contribution in [0.2, 0.25) is 0 Å². The maximum Gasteiger partial charge on any atom is 0.404 e. The van der Waals surface area contributed by atoms with Gasteiger partial charge in [-0.25, -0.2) is 4.79 Å². The minimum atomic E-state index is -0.988. The molecule has 1 amide bonds. The number of nitrogens with one attached hydrogen (secondary N) is 1. The third-order valence-corrected chi connectivity index (χ3v) is 5.47. The van der Waals surface area contributed by atoms with Crippen LogP contribution >= 0.6 is 11.8 Å². The summed E-state index contributed by atoms with van der Waals surface area (Å²) in [6.07, 6.45) is 3.00. The van der Waals surface area contributed by atoms with Crippen LogP contribution in [0.1, 0.15) is 32.6 Å². The van der Waals surface area contributed by atoms with Crippen LogP contribution in [0, 0.1) is 0 Å². The number of thioether (sulfide) groups is 1. The van der Waals surface area contributed by atoms with Gasteiger partial charge in [0.25, 0.3) is 0 Å². The van der Waals surface area contributed by atoms with Crippen LogP contribution in [0.15, 0.2) is 35.2 Å². The summed E-state index contributed by atoms with van der Waals surface area (Å²) in [7, 11) is 0. The van der Waals surface area contributed by atoms with Crippen molar-refractivity contribution in [3.05, 3.63) is 30.3 Å². The lowest BCUT2D eigenvalue weighted by Crippen LogP contribution is -2.49. The number of carboxylic acid groups (broad SMARTS) is 1. The van der Waals surface area contributed by atoms with Gasteiger partial charge < -0.3 is 15.5 Å². The van der Waals surface area contributed by atoms with Gasteiger partial charge in [-0.2, -0.15) is 0 Å². The Morgan fingerprint density at radius 2 is 2.13 bits per heavy atom. The minimum Gasteiger partial charge on any atom is -0.465 e. The summed E-state index contributed by atoms with van der Waals surface area (Å²) in [5.41, 5.74) is 0. The lowest BCUT2D eigenvalue weighted by atomic mass is 10.0. The number of amides is 1. The molecule has 0 aliphatic carbocycles. The lowest BCUT2D eigenvalue weighted by Gasteiger charge is -2.41. The highest BCUT2D eigenvalue weighted by Gasteiger charge is 2.30. The van der Waals surface area contributed by atoms with Crippen LogP contribution in [0.5, 0.6) is 0 Å². The van der Waals surface area contributed by atoms with E-state index in [9.17, 15) is 9.90 Å². The molecule has 23 heavy (non-hydrogen) atoms. The summed E-state index contributed by atoms with van der Waals surface area (Å²) in [4.78, 5) is 14.4. The van der Waals surface area contributed by atoms with Gasteiger partial charge in [0.15, 0.2) is 0 Å². The fraction of sp³-hybridized carbons (Fsp3) is 0.588. The Kier molecular flexibility index (Phi) is 7.20. The highest BCUT2D eigenvalue weighted by atomic mass is 32.2. The van der Waals surface area contributed by atoms with Crippen LogP contribution in [-0.2, 0) is 0 Å². The van der Waals surface area contributed by atoms with Crippen LogP contribution in [0.4, 0.5) is 4.79 Å². The Bertz CT molecular complexity index is 486. The molecule has 2 rings (SSSR count). The molecular weight excluding hydrogens is 312 g/mol. The monoisotopic (exact) mass is 338 g/mol. The molecule has 1 aliphatic rings. The van der Waals surface area contributed by atoms with Gasteiger partial charge in [-0.1, -0.05) is 24.6 Å². The van der Waals surface area contributed by atoms with Crippen LogP contribution in [0.3, 0.4) is 0 Å². The highest BCUT2D eigenvalue weighted by Crippen LogP contribution is 2.33. The molecular formula is C17H26N2O3S. The number of hydrogen-bond donors (Lipinski definition) is 3. The molecule has 1 aliphatic heterocycles. The average Bonchev–Trinajstić information content (AvgIpc) is 2.54. The normalized spacial score (nSPS) is 21.6. The van der Waals surface area contributed by atoms with E-state index in [2.05, 4.69) is 22.3 Å². The van der Waals surface area contributed by atoms with Gasteiger partial charge in [0.05, 0.1) is 12.0 Å². The van der Waals surface area contributed by atoms with Gasteiger partial charge in [0.1, 0.15) is 0 Å². The molecule has 0 bridgehead atoms. The highest BCUT2D eigenvalue weighted by molar-refractivity contribution is 7.99.